The molecule has 0 bridgehead atoms. The Morgan fingerprint density at radius 1 is 1.40 bits per heavy atom. The Labute approximate surface area is 118 Å². The van der Waals surface area contributed by atoms with Crippen LogP contribution in [0.2, 0.25) is 0 Å². The molecule has 20 heavy (non-hydrogen) atoms. The highest BCUT2D eigenvalue weighted by Gasteiger charge is 2.19. The Kier molecular flexibility index (Phi) is 3.69. The first-order chi connectivity index (χ1) is 9.74. The van der Waals surface area contributed by atoms with Gasteiger partial charge < -0.3 is 9.47 Å². The molecule has 3 rings (SSSR count). The van der Waals surface area contributed by atoms with E-state index in [4.69, 9.17) is 9.47 Å². The minimum Gasteiger partial charge on any atom is -0.490 e. The first-order valence-corrected chi connectivity index (χ1v) is 6.97. The first kappa shape index (κ1) is 13.1. The molecule has 0 spiro atoms. The average molecular weight is 273 g/mol. The summed E-state index contributed by atoms with van der Waals surface area (Å²) in [5.74, 6) is 0.845. The van der Waals surface area contributed by atoms with Crippen LogP contribution in [-0.2, 0) is 4.74 Å². The van der Waals surface area contributed by atoms with Crippen LogP contribution in [0.5, 0.6) is 5.75 Å². The minimum absolute atomic E-state index is 0.134. The zero-order valence-electron chi connectivity index (χ0n) is 11.8. The van der Waals surface area contributed by atoms with Crippen molar-refractivity contribution in [3.05, 3.63) is 30.9 Å². The van der Waals surface area contributed by atoms with E-state index in [1.165, 1.54) is 0 Å². The summed E-state index contributed by atoms with van der Waals surface area (Å²) in [6.07, 6.45) is 8.63. The van der Waals surface area contributed by atoms with Crippen molar-refractivity contribution in [2.75, 3.05) is 13.2 Å². The minimum atomic E-state index is 0.134. The first-order valence-electron chi connectivity index (χ1n) is 6.97. The molecule has 3 heterocycles. The van der Waals surface area contributed by atoms with Gasteiger partial charge in [0.1, 0.15) is 5.75 Å². The number of hydrogen-bond acceptors (Lipinski definition) is 4. The molecule has 106 valence electrons. The van der Waals surface area contributed by atoms with E-state index in [9.17, 15) is 0 Å². The van der Waals surface area contributed by atoms with E-state index in [1.54, 1.807) is 6.20 Å². The fourth-order valence-corrected chi connectivity index (χ4v) is 2.36. The third-order valence-electron chi connectivity index (χ3n) is 3.34. The molecule has 2 aromatic heterocycles. The molecular weight excluding hydrogens is 254 g/mol. The van der Waals surface area contributed by atoms with Gasteiger partial charge in [-0.15, -0.1) is 0 Å². The van der Waals surface area contributed by atoms with Crippen LogP contribution in [0.1, 0.15) is 26.3 Å². The Balaban J connectivity index is 1.89. The van der Waals surface area contributed by atoms with Gasteiger partial charge in [-0.2, -0.15) is 5.10 Å². The van der Waals surface area contributed by atoms with Crippen molar-refractivity contribution in [1.29, 1.82) is 0 Å². The van der Waals surface area contributed by atoms with Gasteiger partial charge in [-0.25, -0.2) is 0 Å². The highest BCUT2D eigenvalue weighted by molar-refractivity contribution is 5.68. The smallest absolute Gasteiger partial charge is 0.130 e. The zero-order chi connectivity index (χ0) is 13.9. The second-order valence-corrected chi connectivity index (χ2v) is 5.26. The van der Waals surface area contributed by atoms with E-state index in [0.717, 1.165) is 36.5 Å². The van der Waals surface area contributed by atoms with Gasteiger partial charge in [-0.05, 0) is 26.3 Å². The van der Waals surface area contributed by atoms with Gasteiger partial charge in [0.15, 0.2) is 0 Å². The van der Waals surface area contributed by atoms with Crippen LogP contribution in [0.15, 0.2) is 30.9 Å². The highest BCUT2D eigenvalue weighted by Crippen LogP contribution is 2.30. The summed E-state index contributed by atoms with van der Waals surface area (Å²) in [6.45, 7) is 5.59. The molecule has 0 amide bonds. The Hall–Kier alpha value is -1.88. The van der Waals surface area contributed by atoms with Crippen molar-refractivity contribution in [1.82, 2.24) is 14.8 Å². The third kappa shape index (κ3) is 2.67. The second-order valence-electron chi connectivity index (χ2n) is 5.26. The van der Waals surface area contributed by atoms with Crippen LogP contribution in [0.4, 0.5) is 0 Å². The second kappa shape index (κ2) is 5.63. The molecule has 5 heteroatoms. The molecule has 0 aliphatic carbocycles. The summed E-state index contributed by atoms with van der Waals surface area (Å²) in [4.78, 5) is 4.19. The predicted molar refractivity (Wildman–Crippen MR) is 75.7 cm³/mol. The van der Waals surface area contributed by atoms with E-state index < -0.39 is 0 Å². The maximum atomic E-state index is 5.83. The zero-order valence-corrected chi connectivity index (χ0v) is 11.8. The lowest BCUT2D eigenvalue weighted by molar-refractivity contribution is 0.184. The van der Waals surface area contributed by atoms with Crippen LogP contribution in [0.25, 0.3) is 11.1 Å². The van der Waals surface area contributed by atoms with Crippen molar-refractivity contribution in [2.24, 2.45) is 0 Å². The fourth-order valence-electron chi connectivity index (χ4n) is 2.36. The molecule has 2 aromatic rings. The monoisotopic (exact) mass is 273 g/mol. The Morgan fingerprint density at radius 3 is 3.05 bits per heavy atom. The van der Waals surface area contributed by atoms with Crippen LogP contribution in [-0.4, -0.2) is 34.1 Å². The lowest BCUT2D eigenvalue weighted by atomic mass is 10.1. The molecule has 1 aliphatic heterocycles. The van der Waals surface area contributed by atoms with Gasteiger partial charge in [0, 0.05) is 36.3 Å². The van der Waals surface area contributed by atoms with Crippen LogP contribution in [0.3, 0.4) is 0 Å². The molecule has 1 aliphatic rings. The summed E-state index contributed by atoms with van der Waals surface area (Å²) in [5, 5.41) is 4.45. The average Bonchev–Trinajstić information content (AvgIpc) is 3.10. The van der Waals surface area contributed by atoms with Gasteiger partial charge >= 0.3 is 0 Å². The normalized spacial score (nSPS) is 18.6. The number of pyridine rings is 1. The molecule has 1 saturated heterocycles. The number of ether oxygens (including phenoxy) is 2. The lowest BCUT2D eigenvalue weighted by Crippen LogP contribution is -2.08. The van der Waals surface area contributed by atoms with E-state index in [0.29, 0.717) is 6.04 Å². The molecule has 1 fully saturated rings. The maximum Gasteiger partial charge on any atom is 0.130 e. The van der Waals surface area contributed by atoms with Crippen LogP contribution >= 0.6 is 0 Å². The van der Waals surface area contributed by atoms with Crippen molar-refractivity contribution in [2.45, 2.75) is 32.4 Å². The topological polar surface area (TPSA) is 49.2 Å². The summed E-state index contributed by atoms with van der Waals surface area (Å²) in [5.41, 5.74) is 2.01. The molecule has 0 radical (unpaired) electrons. The van der Waals surface area contributed by atoms with Gasteiger partial charge in [0.25, 0.3) is 0 Å². The summed E-state index contributed by atoms with van der Waals surface area (Å²) in [6, 6.07) is 2.24. The van der Waals surface area contributed by atoms with E-state index >= 15 is 0 Å². The molecule has 1 atom stereocenters. The lowest BCUT2D eigenvalue weighted by Gasteiger charge is -2.12. The van der Waals surface area contributed by atoms with Crippen molar-refractivity contribution in [3.8, 4) is 16.9 Å². The summed E-state index contributed by atoms with van der Waals surface area (Å²) in [7, 11) is 0. The highest BCUT2D eigenvalue weighted by atomic mass is 16.5. The molecule has 0 aromatic carbocycles. The van der Waals surface area contributed by atoms with Crippen molar-refractivity contribution in [3.63, 3.8) is 0 Å². The third-order valence-corrected chi connectivity index (χ3v) is 3.34. The molecule has 0 unspecified atom stereocenters. The van der Waals surface area contributed by atoms with E-state index in [1.807, 2.05) is 43.2 Å². The van der Waals surface area contributed by atoms with Crippen LogP contribution < -0.4 is 4.74 Å². The predicted octanol–water partition coefficient (Wildman–Crippen LogP) is 2.69. The van der Waals surface area contributed by atoms with Crippen molar-refractivity contribution >= 4 is 0 Å². The number of nitrogens with zero attached hydrogens (tertiary/aromatic N) is 3. The quantitative estimate of drug-likeness (QED) is 0.859. The van der Waals surface area contributed by atoms with Crippen LogP contribution in [0, 0.1) is 0 Å². The Morgan fingerprint density at radius 2 is 2.30 bits per heavy atom. The maximum absolute atomic E-state index is 5.83. The molecule has 5 nitrogen and oxygen atoms in total. The largest absolute Gasteiger partial charge is 0.490 e. The standard InChI is InChI=1S/C15H19N3O2/c1-11(2)20-15-3-5-16-8-14(15)12-7-17-18(9-12)13-4-6-19-10-13/h3,5,7-9,11,13H,4,6,10H2,1-2H3/t13-/m0/s1. The molecular formula is C15H19N3O2. The van der Waals surface area contributed by atoms with E-state index in [2.05, 4.69) is 10.1 Å². The number of hydrogen-bond donors (Lipinski definition) is 0. The number of rotatable bonds is 4. The van der Waals surface area contributed by atoms with Gasteiger partial charge in [0.05, 0.1) is 24.9 Å². The molecule has 0 saturated carbocycles. The Bertz CT molecular complexity index is 574. The molecule has 0 N–H and O–H groups in total. The summed E-state index contributed by atoms with van der Waals surface area (Å²) < 4.78 is 13.2. The fraction of sp³-hybridized carbons (Fsp3) is 0.467. The SMILES string of the molecule is CC(C)Oc1ccncc1-c1cnn([C@H]2CCOC2)c1. The summed E-state index contributed by atoms with van der Waals surface area (Å²) >= 11 is 0. The van der Waals surface area contributed by atoms with E-state index in [-0.39, 0.29) is 6.10 Å². The van der Waals surface area contributed by atoms with Gasteiger partial charge in [-0.3, -0.25) is 9.67 Å². The number of aromatic nitrogens is 3. The van der Waals surface area contributed by atoms with Crippen molar-refractivity contribution < 1.29 is 9.47 Å². The van der Waals surface area contributed by atoms with Gasteiger partial charge in [-0.1, -0.05) is 0 Å². The van der Waals surface area contributed by atoms with Gasteiger partial charge in [0.2, 0.25) is 0 Å².